The predicted molar refractivity (Wildman–Crippen MR) is 83.5 cm³/mol. The number of carboxylic acids is 1. The molecule has 2 rings (SSSR count). The van der Waals surface area contributed by atoms with Crippen LogP contribution in [0.15, 0.2) is 34.1 Å². The zero-order valence-corrected chi connectivity index (χ0v) is 13.6. The topological polar surface area (TPSA) is 79.3 Å². The molecule has 1 unspecified atom stereocenters. The molecule has 0 bridgehead atoms. The van der Waals surface area contributed by atoms with E-state index in [2.05, 4.69) is 26.2 Å². The first kappa shape index (κ1) is 15.7. The Morgan fingerprint density at radius 1 is 1.48 bits per heavy atom. The van der Waals surface area contributed by atoms with Gasteiger partial charge in [0.1, 0.15) is 5.01 Å². The highest BCUT2D eigenvalue weighted by Gasteiger charge is 2.16. The maximum Gasteiger partial charge on any atom is 0.355 e. The Bertz CT molecular complexity index is 672. The molecular weight excluding hydrogens is 356 g/mol. The van der Waals surface area contributed by atoms with Gasteiger partial charge in [-0.05, 0) is 24.6 Å². The monoisotopic (exact) mass is 368 g/mol. The van der Waals surface area contributed by atoms with Crippen molar-refractivity contribution in [1.82, 2.24) is 10.3 Å². The summed E-state index contributed by atoms with van der Waals surface area (Å²) >= 11 is 4.58. The summed E-state index contributed by atoms with van der Waals surface area (Å²) in [6, 6.07) is 7.21. The molecule has 2 aromatic rings. The van der Waals surface area contributed by atoms with Crippen LogP contribution >= 0.6 is 27.3 Å². The first-order valence-corrected chi connectivity index (χ1v) is 7.85. The van der Waals surface area contributed by atoms with Crippen LogP contribution in [0.4, 0.5) is 0 Å². The molecule has 0 radical (unpaired) electrons. The number of nitrogens with one attached hydrogen (secondary N) is 1. The lowest BCUT2D eigenvalue weighted by atomic mass is 10.1. The van der Waals surface area contributed by atoms with Crippen molar-refractivity contribution in [3.63, 3.8) is 0 Å². The Hall–Kier alpha value is -1.73. The predicted octanol–water partition coefficient (Wildman–Crippen LogP) is 3.02. The maximum absolute atomic E-state index is 12.0. The fourth-order valence-corrected chi connectivity index (χ4v) is 3.02. The second-order valence-electron chi connectivity index (χ2n) is 4.47. The number of aromatic carboxylic acids is 1. The van der Waals surface area contributed by atoms with Gasteiger partial charge >= 0.3 is 5.97 Å². The molecule has 1 heterocycles. The number of amides is 1. The summed E-state index contributed by atoms with van der Waals surface area (Å²) in [6.45, 7) is 1.78. The molecule has 7 heteroatoms. The second kappa shape index (κ2) is 6.82. The molecule has 0 aliphatic heterocycles. The van der Waals surface area contributed by atoms with Gasteiger partial charge in [-0.15, -0.1) is 11.3 Å². The van der Waals surface area contributed by atoms with Crippen molar-refractivity contribution in [3.8, 4) is 0 Å². The SMILES string of the molecule is CC(NC(=O)Cc1cccc(Br)c1)c1nc(C(=O)O)cs1. The zero-order chi connectivity index (χ0) is 15.4. The Morgan fingerprint density at radius 3 is 2.86 bits per heavy atom. The van der Waals surface area contributed by atoms with Gasteiger partial charge in [0.2, 0.25) is 5.91 Å². The lowest BCUT2D eigenvalue weighted by Crippen LogP contribution is -2.28. The van der Waals surface area contributed by atoms with Crippen molar-refractivity contribution in [2.45, 2.75) is 19.4 Å². The van der Waals surface area contributed by atoms with E-state index in [1.54, 1.807) is 6.92 Å². The van der Waals surface area contributed by atoms with Crippen LogP contribution in [0.1, 0.15) is 34.0 Å². The molecule has 21 heavy (non-hydrogen) atoms. The molecule has 0 saturated carbocycles. The molecular formula is C14H13BrN2O3S. The van der Waals surface area contributed by atoms with Crippen molar-refractivity contribution >= 4 is 39.1 Å². The maximum atomic E-state index is 12.0. The molecule has 0 aliphatic carbocycles. The van der Waals surface area contributed by atoms with Gasteiger partial charge in [-0.1, -0.05) is 28.1 Å². The molecule has 0 fully saturated rings. The van der Waals surface area contributed by atoms with E-state index in [1.807, 2.05) is 24.3 Å². The standard InChI is InChI=1S/C14H13BrN2O3S/c1-8(13-17-11(7-21-13)14(19)20)16-12(18)6-9-3-2-4-10(15)5-9/h2-5,7-8H,6H2,1H3,(H,16,18)(H,19,20). The van der Waals surface area contributed by atoms with E-state index in [4.69, 9.17) is 5.11 Å². The van der Waals surface area contributed by atoms with Crippen LogP contribution in [0, 0.1) is 0 Å². The summed E-state index contributed by atoms with van der Waals surface area (Å²) in [5.74, 6) is -1.20. The summed E-state index contributed by atoms with van der Waals surface area (Å²) in [7, 11) is 0. The van der Waals surface area contributed by atoms with Crippen LogP contribution in [0.25, 0.3) is 0 Å². The fourth-order valence-electron chi connectivity index (χ4n) is 1.77. The van der Waals surface area contributed by atoms with Crippen LogP contribution in [0.3, 0.4) is 0 Å². The number of aromatic nitrogens is 1. The second-order valence-corrected chi connectivity index (χ2v) is 6.28. The number of carboxylic acid groups (broad SMARTS) is 1. The molecule has 0 aliphatic rings. The lowest BCUT2D eigenvalue weighted by Gasteiger charge is -2.11. The minimum Gasteiger partial charge on any atom is -0.476 e. The molecule has 2 N–H and O–H groups in total. The minimum absolute atomic E-state index is 0.00286. The molecule has 0 saturated heterocycles. The first-order valence-electron chi connectivity index (χ1n) is 6.18. The molecule has 1 aromatic heterocycles. The third kappa shape index (κ3) is 4.37. The van der Waals surface area contributed by atoms with E-state index in [0.717, 1.165) is 10.0 Å². The summed E-state index contributed by atoms with van der Waals surface area (Å²) in [4.78, 5) is 26.7. The third-order valence-electron chi connectivity index (χ3n) is 2.74. The van der Waals surface area contributed by atoms with E-state index >= 15 is 0 Å². The highest BCUT2D eigenvalue weighted by Crippen LogP contribution is 2.18. The average molecular weight is 369 g/mol. The Kier molecular flexibility index (Phi) is 5.08. The summed E-state index contributed by atoms with van der Waals surface area (Å²) in [5.41, 5.74) is 0.905. The van der Waals surface area contributed by atoms with Crippen molar-refractivity contribution in [2.24, 2.45) is 0 Å². The van der Waals surface area contributed by atoms with E-state index in [-0.39, 0.29) is 24.1 Å². The summed E-state index contributed by atoms with van der Waals surface area (Å²) in [5, 5.41) is 13.7. The van der Waals surface area contributed by atoms with Crippen LogP contribution in [0.2, 0.25) is 0 Å². The number of nitrogens with zero attached hydrogens (tertiary/aromatic N) is 1. The van der Waals surface area contributed by atoms with Gasteiger partial charge in [0, 0.05) is 9.85 Å². The number of benzene rings is 1. The van der Waals surface area contributed by atoms with Crippen LogP contribution in [-0.4, -0.2) is 22.0 Å². The van der Waals surface area contributed by atoms with Gasteiger partial charge in [0.15, 0.2) is 5.69 Å². The van der Waals surface area contributed by atoms with Gasteiger partial charge in [0.05, 0.1) is 12.5 Å². The quantitative estimate of drug-likeness (QED) is 0.849. The molecule has 1 aromatic carbocycles. The minimum atomic E-state index is -1.06. The van der Waals surface area contributed by atoms with Gasteiger partial charge in [-0.3, -0.25) is 4.79 Å². The number of thiazole rings is 1. The fraction of sp³-hybridized carbons (Fsp3) is 0.214. The van der Waals surface area contributed by atoms with Crippen molar-refractivity contribution in [2.75, 3.05) is 0 Å². The average Bonchev–Trinajstić information content (AvgIpc) is 2.88. The van der Waals surface area contributed by atoms with Gasteiger partial charge < -0.3 is 10.4 Å². The van der Waals surface area contributed by atoms with E-state index in [0.29, 0.717) is 5.01 Å². The van der Waals surface area contributed by atoms with E-state index in [9.17, 15) is 9.59 Å². The Morgan fingerprint density at radius 2 is 2.24 bits per heavy atom. The molecule has 1 amide bonds. The lowest BCUT2D eigenvalue weighted by molar-refractivity contribution is -0.121. The largest absolute Gasteiger partial charge is 0.476 e. The van der Waals surface area contributed by atoms with Gasteiger partial charge in [-0.25, -0.2) is 9.78 Å². The first-order chi connectivity index (χ1) is 9.95. The smallest absolute Gasteiger partial charge is 0.355 e. The zero-order valence-electron chi connectivity index (χ0n) is 11.2. The molecule has 5 nitrogen and oxygen atoms in total. The van der Waals surface area contributed by atoms with Crippen molar-refractivity contribution < 1.29 is 14.7 Å². The van der Waals surface area contributed by atoms with Gasteiger partial charge in [-0.2, -0.15) is 0 Å². The van der Waals surface area contributed by atoms with Gasteiger partial charge in [0.25, 0.3) is 0 Å². The Balaban J connectivity index is 1.96. The molecule has 0 spiro atoms. The summed E-state index contributed by atoms with van der Waals surface area (Å²) in [6.07, 6.45) is 0.265. The number of halogens is 1. The Labute approximate surface area is 134 Å². The normalized spacial score (nSPS) is 11.9. The van der Waals surface area contributed by atoms with Crippen LogP contribution in [-0.2, 0) is 11.2 Å². The highest BCUT2D eigenvalue weighted by molar-refractivity contribution is 9.10. The number of carbonyl (C=O) groups excluding carboxylic acids is 1. The molecule has 1 atom stereocenters. The van der Waals surface area contributed by atoms with Crippen LogP contribution in [0.5, 0.6) is 0 Å². The molecule has 110 valence electrons. The number of rotatable bonds is 5. The van der Waals surface area contributed by atoms with E-state index in [1.165, 1.54) is 16.7 Å². The van der Waals surface area contributed by atoms with Crippen molar-refractivity contribution in [3.05, 3.63) is 50.4 Å². The van der Waals surface area contributed by atoms with Crippen molar-refractivity contribution in [1.29, 1.82) is 0 Å². The van der Waals surface area contributed by atoms with E-state index < -0.39 is 5.97 Å². The highest BCUT2D eigenvalue weighted by atomic mass is 79.9. The third-order valence-corrected chi connectivity index (χ3v) is 4.26. The van der Waals surface area contributed by atoms with Crippen LogP contribution < -0.4 is 5.32 Å². The number of carbonyl (C=O) groups is 2. The number of hydrogen-bond donors (Lipinski definition) is 2. The summed E-state index contributed by atoms with van der Waals surface area (Å²) < 4.78 is 0.923. The number of hydrogen-bond acceptors (Lipinski definition) is 4.